The number of aromatic nitrogens is 2. The van der Waals surface area contributed by atoms with E-state index in [0.717, 1.165) is 22.4 Å². The van der Waals surface area contributed by atoms with E-state index < -0.39 is 0 Å². The molecule has 2 aromatic rings. The summed E-state index contributed by atoms with van der Waals surface area (Å²) < 4.78 is 11.0. The Morgan fingerprint density at radius 2 is 2.35 bits per heavy atom. The fraction of sp³-hybridized carbons (Fsp3) is 0.417. The van der Waals surface area contributed by atoms with Crippen LogP contribution >= 0.6 is 0 Å². The molecule has 1 aromatic heterocycles. The van der Waals surface area contributed by atoms with Crippen LogP contribution in [0.3, 0.4) is 0 Å². The van der Waals surface area contributed by atoms with Crippen molar-refractivity contribution in [1.82, 2.24) is 9.97 Å². The topological polar surface area (TPSA) is 73.2 Å². The van der Waals surface area contributed by atoms with E-state index in [9.17, 15) is 0 Å². The summed E-state index contributed by atoms with van der Waals surface area (Å²) in [6.07, 6.45) is -0.0857. The van der Waals surface area contributed by atoms with Gasteiger partial charge in [0, 0.05) is 6.54 Å². The molecule has 1 aliphatic heterocycles. The van der Waals surface area contributed by atoms with Gasteiger partial charge in [0.15, 0.2) is 0 Å². The molecule has 3 rings (SSSR count). The van der Waals surface area contributed by atoms with Gasteiger partial charge in [-0.2, -0.15) is 0 Å². The molecule has 5 nitrogen and oxygen atoms in total. The van der Waals surface area contributed by atoms with Crippen LogP contribution in [0.1, 0.15) is 17.5 Å². The summed E-state index contributed by atoms with van der Waals surface area (Å²) in [4.78, 5) is 7.78. The molecule has 0 aliphatic carbocycles. The Labute approximate surface area is 98.9 Å². The Bertz CT molecular complexity index is 517. The van der Waals surface area contributed by atoms with E-state index in [0.29, 0.717) is 26.4 Å². The average Bonchev–Trinajstić information content (AvgIpc) is 2.82. The lowest BCUT2D eigenvalue weighted by Gasteiger charge is -2.20. The molecule has 1 atom stereocenters. The number of nitrogens with two attached hydrogens (primary N) is 1. The molecule has 0 spiro atoms. The highest BCUT2D eigenvalue weighted by atomic mass is 16.6. The highest BCUT2D eigenvalue weighted by molar-refractivity contribution is 5.75. The summed E-state index contributed by atoms with van der Waals surface area (Å²) in [7, 11) is 0. The van der Waals surface area contributed by atoms with Crippen LogP contribution in [-0.2, 0) is 16.0 Å². The van der Waals surface area contributed by atoms with Crippen LogP contribution in [0.2, 0.25) is 0 Å². The number of ether oxygens (including phenoxy) is 2. The second-order valence-electron chi connectivity index (χ2n) is 4.11. The van der Waals surface area contributed by atoms with Crippen LogP contribution in [0.25, 0.3) is 11.0 Å². The van der Waals surface area contributed by atoms with E-state index in [-0.39, 0.29) is 6.10 Å². The molecule has 5 heteroatoms. The Morgan fingerprint density at radius 3 is 3.12 bits per heavy atom. The van der Waals surface area contributed by atoms with E-state index in [1.165, 1.54) is 0 Å². The number of nitrogens with zero attached hydrogens (tertiary/aromatic N) is 1. The second kappa shape index (κ2) is 4.44. The first-order chi connectivity index (χ1) is 8.36. The molecule has 2 heterocycles. The summed E-state index contributed by atoms with van der Waals surface area (Å²) >= 11 is 0. The van der Waals surface area contributed by atoms with Crippen LogP contribution in [0.4, 0.5) is 0 Å². The van der Waals surface area contributed by atoms with Gasteiger partial charge >= 0.3 is 0 Å². The van der Waals surface area contributed by atoms with Crippen LogP contribution in [-0.4, -0.2) is 29.8 Å². The lowest BCUT2D eigenvalue weighted by molar-refractivity contribution is -0.0931. The summed E-state index contributed by atoms with van der Waals surface area (Å²) in [6.45, 7) is 2.38. The zero-order chi connectivity index (χ0) is 11.7. The highest BCUT2D eigenvalue weighted by Crippen LogP contribution is 2.21. The number of hydrogen-bond acceptors (Lipinski definition) is 4. The van der Waals surface area contributed by atoms with Crippen molar-refractivity contribution in [2.24, 2.45) is 5.73 Å². The summed E-state index contributed by atoms with van der Waals surface area (Å²) in [6, 6.07) is 5.99. The molecule has 1 fully saturated rings. The zero-order valence-corrected chi connectivity index (χ0v) is 9.48. The van der Waals surface area contributed by atoms with E-state index in [4.69, 9.17) is 15.2 Å². The smallest absolute Gasteiger partial charge is 0.138 e. The molecule has 0 bridgehead atoms. The van der Waals surface area contributed by atoms with Crippen molar-refractivity contribution in [3.8, 4) is 0 Å². The van der Waals surface area contributed by atoms with Gasteiger partial charge in [0.1, 0.15) is 11.9 Å². The fourth-order valence-corrected chi connectivity index (χ4v) is 2.00. The maximum atomic E-state index is 5.61. The molecule has 0 amide bonds. The van der Waals surface area contributed by atoms with E-state index >= 15 is 0 Å². The summed E-state index contributed by atoms with van der Waals surface area (Å²) in [5, 5.41) is 0. The first-order valence-corrected chi connectivity index (χ1v) is 5.75. The number of H-pyrrole nitrogens is 1. The van der Waals surface area contributed by atoms with Crippen LogP contribution < -0.4 is 5.73 Å². The second-order valence-corrected chi connectivity index (χ2v) is 4.11. The van der Waals surface area contributed by atoms with E-state index in [1.807, 2.05) is 18.2 Å². The van der Waals surface area contributed by atoms with Gasteiger partial charge in [-0.3, -0.25) is 0 Å². The standard InChI is InChI=1S/C12H15N3O2/c13-6-8-1-2-9-10(5-8)15-12(14-9)11-7-16-3-4-17-11/h1-2,5,11H,3-4,6-7,13H2,(H,14,15). The lowest BCUT2D eigenvalue weighted by atomic mass is 10.2. The summed E-state index contributed by atoms with van der Waals surface area (Å²) in [5.41, 5.74) is 8.64. The Morgan fingerprint density at radius 1 is 1.41 bits per heavy atom. The molecule has 0 radical (unpaired) electrons. The average molecular weight is 233 g/mol. The summed E-state index contributed by atoms with van der Waals surface area (Å²) in [5.74, 6) is 0.828. The van der Waals surface area contributed by atoms with Gasteiger partial charge in [-0.15, -0.1) is 0 Å². The number of hydrogen-bond donors (Lipinski definition) is 2. The number of aromatic amines is 1. The normalized spacial score (nSPS) is 20.9. The third-order valence-electron chi connectivity index (χ3n) is 2.92. The Balaban J connectivity index is 1.95. The van der Waals surface area contributed by atoms with Gasteiger partial charge in [0.2, 0.25) is 0 Å². The van der Waals surface area contributed by atoms with Gasteiger partial charge < -0.3 is 20.2 Å². The predicted octanol–water partition coefficient (Wildman–Crippen LogP) is 1.11. The number of benzene rings is 1. The maximum absolute atomic E-state index is 5.61. The van der Waals surface area contributed by atoms with Crippen molar-refractivity contribution in [1.29, 1.82) is 0 Å². The van der Waals surface area contributed by atoms with Crippen LogP contribution in [0.5, 0.6) is 0 Å². The van der Waals surface area contributed by atoms with Gasteiger partial charge in [-0.25, -0.2) is 4.98 Å². The van der Waals surface area contributed by atoms with Crippen LogP contribution in [0, 0.1) is 0 Å². The minimum absolute atomic E-state index is 0.0857. The predicted molar refractivity (Wildman–Crippen MR) is 63.5 cm³/mol. The minimum atomic E-state index is -0.0857. The van der Waals surface area contributed by atoms with E-state index in [2.05, 4.69) is 9.97 Å². The monoisotopic (exact) mass is 233 g/mol. The van der Waals surface area contributed by atoms with Crippen molar-refractivity contribution in [3.05, 3.63) is 29.6 Å². The largest absolute Gasteiger partial charge is 0.376 e. The SMILES string of the molecule is NCc1ccc2nc(C3COCCO3)[nH]c2c1. The van der Waals surface area contributed by atoms with Crippen molar-refractivity contribution < 1.29 is 9.47 Å². The Hall–Kier alpha value is -1.43. The molecule has 1 unspecified atom stereocenters. The van der Waals surface area contributed by atoms with Crippen molar-refractivity contribution >= 4 is 11.0 Å². The number of nitrogens with one attached hydrogen (secondary N) is 1. The fourth-order valence-electron chi connectivity index (χ4n) is 2.00. The molecule has 17 heavy (non-hydrogen) atoms. The molecule has 1 aromatic carbocycles. The number of rotatable bonds is 2. The van der Waals surface area contributed by atoms with Crippen molar-refractivity contribution in [3.63, 3.8) is 0 Å². The maximum Gasteiger partial charge on any atom is 0.138 e. The molecule has 90 valence electrons. The molecule has 0 saturated carbocycles. The van der Waals surface area contributed by atoms with Gasteiger partial charge in [-0.05, 0) is 17.7 Å². The molecule has 1 aliphatic rings. The molecule has 3 N–H and O–H groups in total. The van der Waals surface area contributed by atoms with Crippen LogP contribution in [0.15, 0.2) is 18.2 Å². The quantitative estimate of drug-likeness (QED) is 0.815. The molecular formula is C12H15N3O2. The number of imidazole rings is 1. The van der Waals surface area contributed by atoms with Gasteiger partial charge in [-0.1, -0.05) is 6.07 Å². The van der Waals surface area contributed by atoms with E-state index in [1.54, 1.807) is 0 Å². The first-order valence-electron chi connectivity index (χ1n) is 5.75. The highest BCUT2D eigenvalue weighted by Gasteiger charge is 2.19. The van der Waals surface area contributed by atoms with Crippen molar-refractivity contribution in [2.75, 3.05) is 19.8 Å². The first kappa shape index (κ1) is 10.7. The number of fused-ring (bicyclic) bond motifs is 1. The Kier molecular flexibility index (Phi) is 2.80. The third kappa shape index (κ3) is 2.04. The molecule has 1 saturated heterocycles. The lowest BCUT2D eigenvalue weighted by Crippen LogP contribution is -2.22. The van der Waals surface area contributed by atoms with Gasteiger partial charge in [0.05, 0.1) is 30.9 Å². The molecular weight excluding hydrogens is 218 g/mol. The van der Waals surface area contributed by atoms with Gasteiger partial charge in [0.25, 0.3) is 0 Å². The minimum Gasteiger partial charge on any atom is -0.376 e. The van der Waals surface area contributed by atoms with Crippen molar-refractivity contribution in [2.45, 2.75) is 12.6 Å². The zero-order valence-electron chi connectivity index (χ0n) is 9.48. The third-order valence-corrected chi connectivity index (χ3v) is 2.92.